The summed E-state index contributed by atoms with van der Waals surface area (Å²) in [6.45, 7) is 0. The van der Waals surface area contributed by atoms with Gasteiger partial charge >= 0.3 is 0 Å². The van der Waals surface area contributed by atoms with Crippen LogP contribution in [0.5, 0.6) is 5.75 Å². The molecule has 1 aromatic rings. The van der Waals surface area contributed by atoms with Gasteiger partial charge in [0.25, 0.3) is 0 Å². The zero-order valence-electron chi connectivity index (χ0n) is 5.65. The fourth-order valence-electron chi connectivity index (χ4n) is 0.596. The van der Waals surface area contributed by atoms with Crippen LogP contribution in [0.25, 0.3) is 0 Å². The second-order valence-electron chi connectivity index (χ2n) is 1.69. The molecule has 11 heavy (non-hydrogen) atoms. The van der Waals surface area contributed by atoms with Crippen molar-refractivity contribution in [3.05, 3.63) is 24.3 Å². The van der Waals surface area contributed by atoms with Gasteiger partial charge in [-0.2, -0.15) is 0 Å². The van der Waals surface area contributed by atoms with E-state index in [9.17, 15) is 0 Å². The number of hydrogen-bond acceptors (Lipinski definition) is 3. The predicted octanol–water partition coefficient (Wildman–Crippen LogP) is 1.52. The zero-order chi connectivity index (χ0) is 6.69. The van der Waals surface area contributed by atoms with Gasteiger partial charge in [-0.3, -0.25) is 5.84 Å². The molecule has 0 atom stereocenters. The second-order valence-corrected chi connectivity index (χ2v) is 1.69. The first kappa shape index (κ1) is 13.0. The molecule has 0 aliphatic heterocycles. The maximum Gasteiger partial charge on any atom is 0.117 e. The number of nitrogen functional groups attached to an aromatic ring is 1. The lowest BCUT2D eigenvalue weighted by Gasteiger charge is -1.97. The topological polar surface area (TPSA) is 58.3 Å². The predicted molar refractivity (Wildman–Crippen MR) is 50.4 cm³/mol. The summed E-state index contributed by atoms with van der Waals surface area (Å²) >= 11 is 0. The molecule has 1 aromatic carbocycles. The molecule has 3 nitrogen and oxygen atoms in total. The highest BCUT2D eigenvalue weighted by Crippen LogP contribution is 2.13. The molecule has 0 bridgehead atoms. The number of nitrogens with one attached hydrogen (secondary N) is 1. The average molecular weight is 197 g/mol. The van der Waals surface area contributed by atoms with Gasteiger partial charge < -0.3 is 10.5 Å². The molecule has 64 valence electrons. The number of phenolic OH excluding ortho intramolecular Hbond substituents is 1. The molecule has 0 spiro atoms. The normalized spacial score (nSPS) is 7.36. The Balaban J connectivity index is 0. The second kappa shape index (κ2) is 6.09. The van der Waals surface area contributed by atoms with E-state index < -0.39 is 0 Å². The minimum atomic E-state index is 0. The molecule has 0 unspecified atom stereocenters. The van der Waals surface area contributed by atoms with E-state index in [2.05, 4.69) is 5.43 Å². The lowest BCUT2D eigenvalue weighted by molar-refractivity contribution is 0.475. The monoisotopic (exact) mass is 196 g/mol. The molecule has 0 heterocycles. The van der Waals surface area contributed by atoms with Crippen molar-refractivity contribution in [2.24, 2.45) is 5.84 Å². The van der Waals surface area contributed by atoms with Gasteiger partial charge in [-0.05, 0) is 12.1 Å². The molecule has 0 aliphatic rings. The minimum Gasteiger partial charge on any atom is -0.508 e. The van der Waals surface area contributed by atoms with Gasteiger partial charge in [0.1, 0.15) is 5.75 Å². The lowest BCUT2D eigenvalue weighted by atomic mass is 10.3. The highest BCUT2D eigenvalue weighted by Gasteiger charge is 1.87. The van der Waals surface area contributed by atoms with Crippen LogP contribution in [0.1, 0.15) is 0 Å². The van der Waals surface area contributed by atoms with Gasteiger partial charge in [0.2, 0.25) is 0 Å². The highest BCUT2D eigenvalue weighted by atomic mass is 35.5. The molecular formula is C6H10Cl2N2O. The van der Waals surface area contributed by atoms with Crippen molar-refractivity contribution in [2.75, 3.05) is 5.43 Å². The van der Waals surface area contributed by atoms with E-state index in [0.717, 1.165) is 0 Å². The number of halogens is 2. The largest absolute Gasteiger partial charge is 0.508 e. The lowest BCUT2D eigenvalue weighted by Crippen LogP contribution is -2.05. The zero-order valence-corrected chi connectivity index (χ0v) is 7.28. The van der Waals surface area contributed by atoms with Gasteiger partial charge in [0, 0.05) is 6.07 Å². The van der Waals surface area contributed by atoms with Gasteiger partial charge in [-0.25, -0.2) is 0 Å². The molecule has 0 aromatic heterocycles. The maximum atomic E-state index is 8.85. The molecule has 0 radical (unpaired) electrons. The van der Waals surface area contributed by atoms with E-state index in [-0.39, 0.29) is 30.6 Å². The number of nitrogens with two attached hydrogens (primary N) is 1. The van der Waals surface area contributed by atoms with Crippen molar-refractivity contribution in [3.8, 4) is 5.75 Å². The Morgan fingerprint density at radius 3 is 2.27 bits per heavy atom. The third-order valence-electron chi connectivity index (χ3n) is 1.01. The number of hydrazine groups is 1. The fourth-order valence-corrected chi connectivity index (χ4v) is 0.596. The molecule has 0 fully saturated rings. The summed E-state index contributed by atoms with van der Waals surface area (Å²) in [6.07, 6.45) is 0. The van der Waals surface area contributed by atoms with Crippen LogP contribution in [0.4, 0.5) is 5.69 Å². The van der Waals surface area contributed by atoms with Crippen LogP contribution in [0.3, 0.4) is 0 Å². The van der Waals surface area contributed by atoms with E-state index in [1.165, 1.54) is 0 Å². The standard InChI is InChI=1S/C6H8N2O.2ClH/c7-8-5-2-1-3-6(9)4-5;;/h1-4,8-9H,7H2;2*1H. The van der Waals surface area contributed by atoms with Crippen molar-refractivity contribution in [3.63, 3.8) is 0 Å². The third-order valence-corrected chi connectivity index (χ3v) is 1.01. The summed E-state index contributed by atoms with van der Waals surface area (Å²) in [4.78, 5) is 0. The highest BCUT2D eigenvalue weighted by molar-refractivity contribution is 5.85. The van der Waals surface area contributed by atoms with E-state index in [1.807, 2.05) is 0 Å². The Morgan fingerprint density at radius 1 is 1.27 bits per heavy atom. The fraction of sp³-hybridized carbons (Fsp3) is 0. The van der Waals surface area contributed by atoms with Crippen LogP contribution in [-0.4, -0.2) is 5.11 Å². The number of rotatable bonds is 1. The Hall–Kier alpha value is -0.640. The Kier molecular flexibility index (Phi) is 7.20. The molecule has 5 heteroatoms. The summed E-state index contributed by atoms with van der Waals surface area (Å²) in [7, 11) is 0. The Bertz CT molecular complexity index is 208. The van der Waals surface area contributed by atoms with Crippen molar-refractivity contribution >= 4 is 30.5 Å². The summed E-state index contributed by atoms with van der Waals surface area (Å²) in [5.74, 6) is 5.27. The molecule has 4 N–H and O–H groups in total. The maximum absolute atomic E-state index is 8.85. The molecule has 0 saturated heterocycles. The van der Waals surface area contributed by atoms with Gasteiger partial charge in [0.15, 0.2) is 0 Å². The van der Waals surface area contributed by atoms with E-state index in [0.29, 0.717) is 5.69 Å². The number of hydrogen-bond donors (Lipinski definition) is 3. The first-order valence-corrected chi connectivity index (χ1v) is 2.58. The smallest absolute Gasteiger partial charge is 0.117 e. The van der Waals surface area contributed by atoms with E-state index >= 15 is 0 Å². The van der Waals surface area contributed by atoms with Crippen molar-refractivity contribution in [2.45, 2.75) is 0 Å². The number of benzene rings is 1. The number of anilines is 1. The van der Waals surface area contributed by atoms with E-state index in [4.69, 9.17) is 10.9 Å². The Morgan fingerprint density at radius 2 is 1.91 bits per heavy atom. The summed E-state index contributed by atoms with van der Waals surface area (Å²) in [6, 6.07) is 6.60. The van der Waals surface area contributed by atoms with Gasteiger partial charge in [0.05, 0.1) is 5.69 Å². The van der Waals surface area contributed by atoms with Crippen LogP contribution in [0.2, 0.25) is 0 Å². The van der Waals surface area contributed by atoms with Crippen LogP contribution in [-0.2, 0) is 0 Å². The van der Waals surface area contributed by atoms with Gasteiger partial charge in [-0.15, -0.1) is 24.8 Å². The molecule has 0 saturated carbocycles. The Labute approximate surface area is 77.4 Å². The number of phenols is 1. The SMILES string of the molecule is Cl.Cl.NNc1cccc(O)c1. The van der Waals surface area contributed by atoms with Crippen LogP contribution in [0, 0.1) is 0 Å². The summed E-state index contributed by atoms with van der Waals surface area (Å²) < 4.78 is 0. The van der Waals surface area contributed by atoms with Crippen LogP contribution in [0.15, 0.2) is 24.3 Å². The summed E-state index contributed by atoms with van der Waals surface area (Å²) in [5, 5.41) is 8.85. The quantitative estimate of drug-likeness (QED) is 0.472. The van der Waals surface area contributed by atoms with Gasteiger partial charge in [-0.1, -0.05) is 6.07 Å². The minimum absolute atomic E-state index is 0. The first-order valence-electron chi connectivity index (χ1n) is 2.58. The molecule has 0 amide bonds. The van der Waals surface area contributed by atoms with Crippen molar-refractivity contribution in [1.29, 1.82) is 0 Å². The molecule has 1 rings (SSSR count). The van der Waals surface area contributed by atoms with Crippen molar-refractivity contribution < 1.29 is 5.11 Å². The van der Waals surface area contributed by atoms with E-state index in [1.54, 1.807) is 24.3 Å². The van der Waals surface area contributed by atoms with Crippen molar-refractivity contribution in [1.82, 2.24) is 0 Å². The van der Waals surface area contributed by atoms with Crippen LogP contribution < -0.4 is 11.3 Å². The van der Waals surface area contributed by atoms with Crippen LogP contribution >= 0.6 is 24.8 Å². The summed E-state index contributed by atoms with van der Waals surface area (Å²) in [5.41, 5.74) is 3.11. The molecular weight excluding hydrogens is 187 g/mol. The average Bonchev–Trinajstić information content (AvgIpc) is 1.88. The first-order chi connectivity index (χ1) is 4.33. The number of aromatic hydroxyl groups is 1. The third kappa shape index (κ3) is 3.93. The molecule has 0 aliphatic carbocycles.